The average Bonchev–Trinajstić information content (AvgIpc) is 2.31. The van der Waals surface area contributed by atoms with Crippen molar-refractivity contribution in [1.82, 2.24) is 10.2 Å². The fraction of sp³-hybridized carbons (Fsp3) is 0.538. The molecule has 1 saturated heterocycles. The van der Waals surface area contributed by atoms with Crippen molar-refractivity contribution in [3.05, 3.63) is 28.2 Å². The predicted octanol–water partition coefficient (Wildman–Crippen LogP) is 2.25. The van der Waals surface area contributed by atoms with Gasteiger partial charge in [-0.05, 0) is 19.1 Å². The Morgan fingerprint density at radius 2 is 2.35 bits per heavy atom. The summed E-state index contributed by atoms with van der Waals surface area (Å²) in [5, 5.41) is 3.46. The van der Waals surface area contributed by atoms with Gasteiger partial charge in [-0.1, -0.05) is 22.0 Å². The van der Waals surface area contributed by atoms with E-state index in [9.17, 15) is 0 Å². The van der Waals surface area contributed by atoms with Crippen LogP contribution in [-0.4, -0.2) is 37.7 Å². The Kier molecular flexibility index (Phi) is 4.42. The zero-order valence-electron chi connectivity index (χ0n) is 10.4. The lowest BCUT2D eigenvalue weighted by Crippen LogP contribution is -2.48. The van der Waals surface area contributed by atoms with Gasteiger partial charge in [-0.2, -0.15) is 0 Å². The van der Waals surface area contributed by atoms with Gasteiger partial charge in [0, 0.05) is 42.3 Å². The maximum atomic E-state index is 5.42. The van der Waals surface area contributed by atoms with Gasteiger partial charge in [0.05, 0.1) is 7.11 Å². The zero-order valence-corrected chi connectivity index (χ0v) is 12.0. The third kappa shape index (κ3) is 3.44. The number of rotatable bonds is 3. The first-order valence-electron chi connectivity index (χ1n) is 5.97. The molecular formula is C13H19BrN2O. The van der Waals surface area contributed by atoms with Gasteiger partial charge in [-0.25, -0.2) is 0 Å². The van der Waals surface area contributed by atoms with E-state index in [2.05, 4.69) is 45.2 Å². The van der Waals surface area contributed by atoms with Crippen molar-refractivity contribution in [1.29, 1.82) is 0 Å². The van der Waals surface area contributed by atoms with Gasteiger partial charge in [0.1, 0.15) is 5.75 Å². The SMILES string of the molecule is COc1cc(Br)ccc1CN1CCN[C@@H](C)C1. The molecular weight excluding hydrogens is 280 g/mol. The Hall–Kier alpha value is -0.580. The summed E-state index contributed by atoms with van der Waals surface area (Å²) in [4.78, 5) is 2.47. The molecule has 17 heavy (non-hydrogen) atoms. The van der Waals surface area contributed by atoms with Crippen LogP contribution >= 0.6 is 15.9 Å². The van der Waals surface area contributed by atoms with Gasteiger partial charge in [0.15, 0.2) is 0 Å². The molecule has 1 fully saturated rings. The topological polar surface area (TPSA) is 24.5 Å². The summed E-state index contributed by atoms with van der Waals surface area (Å²) in [6.07, 6.45) is 0. The van der Waals surface area contributed by atoms with Gasteiger partial charge in [0.25, 0.3) is 0 Å². The summed E-state index contributed by atoms with van der Waals surface area (Å²) in [6, 6.07) is 6.81. The van der Waals surface area contributed by atoms with Crippen LogP contribution in [0, 0.1) is 0 Å². The Bertz CT molecular complexity index is 384. The van der Waals surface area contributed by atoms with Crippen LogP contribution in [0.4, 0.5) is 0 Å². The number of hydrogen-bond acceptors (Lipinski definition) is 3. The molecule has 1 aliphatic rings. The summed E-state index contributed by atoms with van der Waals surface area (Å²) < 4.78 is 6.48. The van der Waals surface area contributed by atoms with E-state index in [1.54, 1.807) is 7.11 Å². The quantitative estimate of drug-likeness (QED) is 0.926. The standard InChI is InChI=1S/C13H19BrN2O/c1-10-8-16(6-5-15-10)9-11-3-4-12(14)7-13(11)17-2/h3-4,7,10,15H,5-6,8-9H2,1-2H3/t10-/m0/s1. The second kappa shape index (κ2) is 5.85. The van der Waals surface area contributed by atoms with E-state index in [1.807, 2.05) is 6.07 Å². The third-order valence-corrected chi connectivity index (χ3v) is 3.59. The number of hydrogen-bond donors (Lipinski definition) is 1. The second-order valence-electron chi connectivity index (χ2n) is 4.55. The molecule has 1 atom stereocenters. The van der Waals surface area contributed by atoms with Crippen LogP contribution < -0.4 is 10.1 Å². The molecule has 0 saturated carbocycles. The molecule has 0 radical (unpaired) electrons. The van der Waals surface area contributed by atoms with Crippen LogP contribution in [0.2, 0.25) is 0 Å². The van der Waals surface area contributed by atoms with Gasteiger partial charge in [-0.3, -0.25) is 4.90 Å². The van der Waals surface area contributed by atoms with E-state index in [0.29, 0.717) is 6.04 Å². The summed E-state index contributed by atoms with van der Waals surface area (Å²) in [5.41, 5.74) is 1.25. The highest BCUT2D eigenvalue weighted by Crippen LogP contribution is 2.24. The van der Waals surface area contributed by atoms with Gasteiger partial charge >= 0.3 is 0 Å². The fourth-order valence-electron chi connectivity index (χ4n) is 2.25. The number of methoxy groups -OCH3 is 1. The van der Waals surface area contributed by atoms with Crippen molar-refractivity contribution in [2.45, 2.75) is 19.5 Å². The van der Waals surface area contributed by atoms with Gasteiger partial charge in [0.2, 0.25) is 0 Å². The minimum absolute atomic E-state index is 0.574. The van der Waals surface area contributed by atoms with Crippen LogP contribution in [0.15, 0.2) is 22.7 Å². The molecule has 0 bridgehead atoms. The lowest BCUT2D eigenvalue weighted by molar-refractivity contribution is 0.197. The minimum Gasteiger partial charge on any atom is -0.496 e. The molecule has 1 aromatic carbocycles. The molecule has 2 rings (SSSR count). The van der Waals surface area contributed by atoms with Crippen molar-refractivity contribution in [2.75, 3.05) is 26.7 Å². The molecule has 1 aromatic rings. The highest BCUT2D eigenvalue weighted by Gasteiger charge is 2.16. The van der Waals surface area contributed by atoms with Gasteiger partial charge in [-0.15, -0.1) is 0 Å². The summed E-state index contributed by atoms with van der Waals surface area (Å²) >= 11 is 3.47. The molecule has 0 aromatic heterocycles. The second-order valence-corrected chi connectivity index (χ2v) is 5.46. The maximum absolute atomic E-state index is 5.42. The van der Waals surface area contributed by atoms with Gasteiger partial charge < -0.3 is 10.1 Å². The molecule has 0 unspecified atom stereocenters. The highest BCUT2D eigenvalue weighted by molar-refractivity contribution is 9.10. The predicted molar refractivity (Wildman–Crippen MR) is 73.4 cm³/mol. The number of nitrogens with zero attached hydrogens (tertiary/aromatic N) is 1. The van der Waals surface area contributed by atoms with E-state index >= 15 is 0 Å². The third-order valence-electron chi connectivity index (χ3n) is 3.10. The van der Waals surface area contributed by atoms with E-state index in [-0.39, 0.29) is 0 Å². The van der Waals surface area contributed by atoms with E-state index < -0.39 is 0 Å². The summed E-state index contributed by atoms with van der Waals surface area (Å²) in [7, 11) is 1.73. The van der Waals surface area contributed by atoms with Crippen LogP contribution in [0.25, 0.3) is 0 Å². The first kappa shape index (κ1) is 12.9. The average molecular weight is 299 g/mol. The largest absolute Gasteiger partial charge is 0.496 e. The molecule has 1 N–H and O–H groups in total. The molecule has 0 spiro atoms. The Balaban J connectivity index is 2.07. The number of nitrogens with one attached hydrogen (secondary N) is 1. The van der Waals surface area contributed by atoms with Crippen molar-refractivity contribution >= 4 is 15.9 Å². The van der Waals surface area contributed by atoms with E-state index in [4.69, 9.17) is 4.74 Å². The normalized spacial score (nSPS) is 21.5. The first-order valence-corrected chi connectivity index (χ1v) is 6.76. The molecule has 1 heterocycles. The molecule has 0 aliphatic carbocycles. The first-order chi connectivity index (χ1) is 8.19. The molecule has 3 nitrogen and oxygen atoms in total. The number of halogens is 1. The lowest BCUT2D eigenvalue weighted by Gasteiger charge is -2.32. The smallest absolute Gasteiger partial charge is 0.124 e. The van der Waals surface area contributed by atoms with Crippen LogP contribution in [0.5, 0.6) is 5.75 Å². The number of piperazine rings is 1. The molecule has 0 amide bonds. The maximum Gasteiger partial charge on any atom is 0.124 e. The van der Waals surface area contributed by atoms with E-state index in [0.717, 1.165) is 36.4 Å². The summed E-state index contributed by atoms with van der Waals surface area (Å²) in [5.74, 6) is 0.963. The van der Waals surface area contributed by atoms with E-state index in [1.165, 1.54) is 5.56 Å². The number of ether oxygens (including phenoxy) is 1. The monoisotopic (exact) mass is 298 g/mol. The molecule has 1 aliphatic heterocycles. The van der Waals surface area contributed by atoms with Crippen molar-refractivity contribution in [2.24, 2.45) is 0 Å². The van der Waals surface area contributed by atoms with Crippen LogP contribution in [-0.2, 0) is 6.54 Å². The number of benzene rings is 1. The fourth-order valence-corrected chi connectivity index (χ4v) is 2.59. The van der Waals surface area contributed by atoms with Crippen LogP contribution in [0.1, 0.15) is 12.5 Å². The molecule has 94 valence electrons. The Morgan fingerprint density at radius 3 is 3.06 bits per heavy atom. The highest BCUT2D eigenvalue weighted by atomic mass is 79.9. The van der Waals surface area contributed by atoms with Crippen molar-refractivity contribution < 1.29 is 4.74 Å². The zero-order chi connectivity index (χ0) is 12.3. The molecule has 4 heteroatoms. The Labute approximate surface area is 111 Å². The minimum atomic E-state index is 0.574. The van der Waals surface area contributed by atoms with Crippen molar-refractivity contribution in [3.63, 3.8) is 0 Å². The van der Waals surface area contributed by atoms with Crippen LogP contribution in [0.3, 0.4) is 0 Å². The lowest BCUT2D eigenvalue weighted by atomic mass is 10.1. The Morgan fingerprint density at radius 1 is 1.53 bits per heavy atom. The summed E-state index contributed by atoms with van der Waals surface area (Å²) in [6.45, 7) is 6.45. The van der Waals surface area contributed by atoms with Crippen molar-refractivity contribution in [3.8, 4) is 5.75 Å².